The molecule has 2 saturated heterocycles. The number of rotatable bonds is 4. The summed E-state index contributed by atoms with van der Waals surface area (Å²) in [5, 5.41) is 3.61. The van der Waals surface area contributed by atoms with E-state index in [0.717, 1.165) is 43.8 Å². The number of nitrogens with one attached hydrogen (secondary N) is 1. The molecule has 1 aromatic rings. The van der Waals surface area contributed by atoms with Crippen LogP contribution >= 0.6 is 0 Å². The van der Waals surface area contributed by atoms with Gasteiger partial charge in [0.1, 0.15) is 5.75 Å². The average molecular weight is 317 g/mol. The van der Waals surface area contributed by atoms with Crippen molar-refractivity contribution in [1.29, 1.82) is 0 Å². The van der Waals surface area contributed by atoms with Crippen LogP contribution in [0.25, 0.3) is 0 Å². The van der Waals surface area contributed by atoms with Crippen LogP contribution in [0.3, 0.4) is 0 Å². The fourth-order valence-corrected chi connectivity index (χ4v) is 3.74. The van der Waals surface area contributed by atoms with E-state index in [1.54, 1.807) is 7.11 Å². The average Bonchev–Trinajstić information content (AvgIpc) is 2.59. The summed E-state index contributed by atoms with van der Waals surface area (Å²) in [5.41, 5.74) is 1.16. The molecule has 1 amide bonds. The lowest BCUT2D eigenvalue weighted by atomic mass is 9.95. The lowest BCUT2D eigenvalue weighted by molar-refractivity contribution is -0.144. The van der Waals surface area contributed by atoms with Crippen molar-refractivity contribution in [3.05, 3.63) is 29.8 Å². The third-order valence-electron chi connectivity index (χ3n) is 5.14. The van der Waals surface area contributed by atoms with Crippen molar-refractivity contribution in [1.82, 2.24) is 15.1 Å². The highest BCUT2D eigenvalue weighted by Gasteiger charge is 2.41. The van der Waals surface area contributed by atoms with Gasteiger partial charge in [0.25, 0.3) is 0 Å². The van der Waals surface area contributed by atoms with E-state index < -0.39 is 0 Å². The molecule has 23 heavy (non-hydrogen) atoms. The second-order valence-electron chi connectivity index (χ2n) is 6.65. The highest BCUT2D eigenvalue weighted by molar-refractivity contribution is 5.83. The topological polar surface area (TPSA) is 44.8 Å². The molecule has 0 bridgehead atoms. The van der Waals surface area contributed by atoms with E-state index >= 15 is 0 Å². The highest BCUT2D eigenvalue weighted by atomic mass is 16.5. The van der Waals surface area contributed by atoms with Crippen LogP contribution in [-0.4, -0.2) is 67.6 Å². The number of fused-ring (bicyclic) bond motifs is 1. The van der Waals surface area contributed by atoms with Crippen LogP contribution in [0.5, 0.6) is 5.75 Å². The van der Waals surface area contributed by atoms with Crippen LogP contribution in [0.2, 0.25) is 0 Å². The summed E-state index contributed by atoms with van der Waals surface area (Å²) in [6.07, 6.45) is 1.84. The summed E-state index contributed by atoms with van der Waals surface area (Å²) in [5.74, 6) is 1.09. The number of benzene rings is 1. The van der Waals surface area contributed by atoms with Gasteiger partial charge in [-0.1, -0.05) is 19.1 Å². The Kier molecular flexibility index (Phi) is 4.87. The van der Waals surface area contributed by atoms with Crippen LogP contribution in [0.1, 0.15) is 18.9 Å². The number of likely N-dealkylation sites (N-methyl/N-ethyl adjacent to an activating group) is 1. The van der Waals surface area contributed by atoms with Gasteiger partial charge in [0, 0.05) is 38.8 Å². The molecule has 0 radical (unpaired) electrons. The van der Waals surface area contributed by atoms with E-state index in [-0.39, 0.29) is 11.9 Å². The molecule has 0 spiro atoms. The molecule has 2 fully saturated rings. The summed E-state index contributed by atoms with van der Waals surface area (Å²) in [6.45, 7) is 4.93. The first kappa shape index (κ1) is 16.3. The van der Waals surface area contributed by atoms with Crippen molar-refractivity contribution in [2.24, 2.45) is 0 Å². The molecule has 5 nitrogen and oxygen atoms in total. The predicted molar refractivity (Wildman–Crippen MR) is 90.7 cm³/mol. The first-order valence-electron chi connectivity index (χ1n) is 8.49. The van der Waals surface area contributed by atoms with Gasteiger partial charge in [0.2, 0.25) is 5.91 Å². The first-order chi connectivity index (χ1) is 11.1. The third-order valence-corrected chi connectivity index (χ3v) is 5.14. The molecule has 0 unspecified atom stereocenters. The SMILES string of the molecule is CC[C@H]1CN2[C@H](CN1)CN(C)C(=O)[C@@H]2Cc1cccc(OC)c1. The third kappa shape index (κ3) is 3.35. The second-order valence-corrected chi connectivity index (χ2v) is 6.65. The fourth-order valence-electron chi connectivity index (χ4n) is 3.74. The lowest BCUT2D eigenvalue weighted by Crippen LogP contribution is -2.69. The Hall–Kier alpha value is -1.59. The number of ether oxygens (including phenoxy) is 1. The van der Waals surface area contributed by atoms with Crippen molar-refractivity contribution in [2.45, 2.75) is 37.9 Å². The van der Waals surface area contributed by atoms with Crippen molar-refractivity contribution < 1.29 is 9.53 Å². The number of carbonyl (C=O) groups excluding carboxylic acids is 1. The summed E-state index contributed by atoms with van der Waals surface area (Å²) in [7, 11) is 3.60. The first-order valence-corrected chi connectivity index (χ1v) is 8.49. The van der Waals surface area contributed by atoms with Crippen molar-refractivity contribution in [3.63, 3.8) is 0 Å². The summed E-state index contributed by atoms with van der Waals surface area (Å²) >= 11 is 0. The summed E-state index contributed by atoms with van der Waals surface area (Å²) in [4.78, 5) is 17.1. The van der Waals surface area contributed by atoms with E-state index in [1.807, 2.05) is 30.1 Å². The summed E-state index contributed by atoms with van der Waals surface area (Å²) < 4.78 is 5.31. The Balaban J connectivity index is 1.82. The second kappa shape index (κ2) is 6.89. The molecule has 2 aliphatic heterocycles. The van der Waals surface area contributed by atoms with Crippen LogP contribution < -0.4 is 10.1 Å². The van der Waals surface area contributed by atoms with Crippen LogP contribution in [0.4, 0.5) is 0 Å². The Morgan fingerprint density at radius 1 is 1.35 bits per heavy atom. The number of methoxy groups -OCH3 is 1. The largest absolute Gasteiger partial charge is 0.497 e. The number of hydrogen-bond donors (Lipinski definition) is 1. The number of piperazine rings is 2. The van der Waals surface area contributed by atoms with Gasteiger partial charge in [-0.2, -0.15) is 0 Å². The van der Waals surface area contributed by atoms with Gasteiger partial charge in [-0.15, -0.1) is 0 Å². The molecular weight excluding hydrogens is 290 g/mol. The van der Waals surface area contributed by atoms with Gasteiger partial charge < -0.3 is 15.0 Å². The van der Waals surface area contributed by atoms with E-state index in [0.29, 0.717) is 12.1 Å². The summed E-state index contributed by atoms with van der Waals surface area (Å²) in [6, 6.07) is 8.89. The molecule has 2 aliphatic rings. The Bertz CT molecular complexity index is 563. The van der Waals surface area contributed by atoms with E-state index in [9.17, 15) is 4.79 Å². The van der Waals surface area contributed by atoms with Gasteiger partial charge >= 0.3 is 0 Å². The molecule has 0 saturated carbocycles. The Morgan fingerprint density at radius 3 is 2.91 bits per heavy atom. The van der Waals surface area contributed by atoms with E-state index in [4.69, 9.17) is 4.74 Å². The molecule has 3 atom stereocenters. The molecule has 3 rings (SSSR count). The molecule has 0 aromatic heterocycles. The highest BCUT2D eigenvalue weighted by Crippen LogP contribution is 2.24. The van der Waals surface area contributed by atoms with E-state index in [1.165, 1.54) is 0 Å². The smallest absolute Gasteiger partial charge is 0.240 e. The van der Waals surface area contributed by atoms with Gasteiger partial charge in [-0.25, -0.2) is 0 Å². The minimum Gasteiger partial charge on any atom is -0.497 e. The number of carbonyl (C=O) groups is 1. The van der Waals surface area contributed by atoms with Crippen LogP contribution in [0, 0.1) is 0 Å². The monoisotopic (exact) mass is 317 g/mol. The molecule has 0 aliphatic carbocycles. The normalized spacial score (nSPS) is 28.6. The Labute approximate surface area is 138 Å². The lowest BCUT2D eigenvalue weighted by Gasteiger charge is -2.49. The molecule has 1 N–H and O–H groups in total. The maximum Gasteiger partial charge on any atom is 0.240 e. The number of amides is 1. The fraction of sp³-hybridized carbons (Fsp3) is 0.611. The van der Waals surface area contributed by atoms with Gasteiger partial charge in [-0.3, -0.25) is 9.69 Å². The molecular formula is C18H27N3O2. The minimum absolute atomic E-state index is 0.0676. The Morgan fingerprint density at radius 2 is 2.17 bits per heavy atom. The molecule has 5 heteroatoms. The molecule has 126 valence electrons. The number of nitrogens with zero attached hydrogens (tertiary/aromatic N) is 2. The zero-order valence-corrected chi connectivity index (χ0v) is 14.3. The van der Waals surface area contributed by atoms with E-state index in [2.05, 4.69) is 23.2 Å². The predicted octanol–water partition coefficient (Wildman–Crippen LogP) is 1.13. The van der Waals surface area contributed by atoms with Crippen LogP contribution in [0.15, 0.2) is 24.3 Å². The maximum atomic E-state index is 12.8. The number of hydrogen-bond acceptors (Lipinski definition) is 4. The zero-order chi connectivity index (χ0) is 16.4. The van der Waals surface area contributed by atoms with Gasteiger partial charge in [0.15, 0.2) is 0 Å². The molecule has 1 aromatic carbocycles. The van der Waals surface area contributed by atoms with Crippen molar-refractivity contribution in [2.75, 3.05) is 33.8 Å². The molecule has 2 heterocycles. The standard InChI is InChI=1S/C18H27N3O2/c1-4-14-11-21-15(10-19-14)12-20(2)18(22)17(21)9-13-6-5-7-16(8-13)23-3/h5-8,14-15,17,19H,4,9-12H2,1-3H3/t14-,15+,17-/m0/s1. The maximum absolute atomic E-state index is 12.8. The van der Waals surface area contributed by atoms with Crippen LogP contribution in [-0.2, 0) is 11.2 Å². The van der Waals surface area contributed by atoms with Gasteiger partial charge in [-0.05, 0) is 30.5 Å². The van der Waals surface area contributed by atoms with Gasteiger partial charge in [0.05, 0.1) is 13.2 Å². The zero-order valence-electron chi connectivity index (χ0n) is 14.3. The minimum atomic E-state index is -0.0676. The van der Waals surface area contributed by atoms with Crippen molar-refractivity contribution in [3.8, 4) is 5.75 Å². The van der Waals surface area contributed by atoms with Crippen molar-refractivity contribution >= 4 is 5.91 Å². The quantitative estimate of drug-likeness (QED) is 0.904.